The summed E-state index contributed by atoms with van der Waals surface area (Å²) in [6, 6.07) is 4.08. The third-order valence-electron chi connectivity index (χ3n) is 4.38. The highest BCUT2D eigenvalue weighted by molar-refractivity contribution is 5.75. The van der Waals surface area contributed by atoms with Gasteiger partial charge in [0, 0.05) is 6.20 Å². The second-order valence-electron chi connectivity index (χ2n) is 6.66. The van der Waals surface area contributed by atoms with Crippen molar-refractivity contribution in [3.63, 3.8) is 0 Å². The van der Waals surface area contributed by atoms with Crippen LogP contribution in [-0.4, -0.2) is 38.8 Å². The molecule has 0 atom stereocenters. The van der Waals surface area contributed by atoms with Gasteiger partial charge in [0.1, 0.15) is 5.39 Å². The number of nitrogens with zero attached hydrogens (tertiary/aromatic N) is 4. The third-order valence-corrected chi connectivity index (χ3v) is 4.38. The number of aromatic nitrogens is 4. The van der Waals surface area contributed by atoms with E-state index in [2.05, 4.69) is 15.1 Å². The molecular formula is C17H17F2N5O. The van der Waals surface area contributed by atoms with E-state index in [1.54, 1.807) is 10.9 Å². The molecule has 25 heavy (non-hydrogen) atoms. The maximum atomic E-state index is 13.1. The molecule has 0 amide bonds. The van der Waals surface area contributed by atoms with Crippen molar-refractivity contribution in [2.24, 2.45) is 0 Å². The Balaban J connectivity index is 1.81. The van der Waals surface area contributed by atoms with Gasteiger partial charge in [-0.25, -0.2) is 13.5 Å². The van der Waals surface area contributed by atoms with Gasteiger partial charge in [0.2, 0.25) is 5.95 Å². The van der Waals surface area contributed by atoms with Crippen molar-refractivity contribution in [3.8, 4) is 5.69 Å². The summed E-state index contributed by atoms with van der Waals surface area (Å²) in [5.41, 5.74) is 3.96. The topological polar surface area (TPSA) is 66.8 Å². The molecule has 0 bridgehead atoms. The predicted molar refractivity (Wildman–Crippen MR) is 90.9 cm³/mol. The Morgan fingerprint density at radius 1 is 1.16 bits per heavy atom. The van der Waals surface area contributed by atoms with Crippen LogP contribution in [0.5, 0.6) is 0 Å². The van der Waals surface area contributed by atoms with Crippen LogP contribution < -0.4 is 10.5 Å². The Hall–Kier alpha value is -2.77. The zero-order chi connectivity index (χ0) is 17.9. The average Bonchev–Trinajstić information content (AvgIpc) is 2.87. The summed E-state index contributed by atoms with van der Waals surface area (Å²) in [6.45, 7) is 5.08. The molecule has 1 aliphatic heterocycles. The number of rotatable bonds is 2. The van der Waals surface area contributed by atoms with Crippen molar-refractivity contribution in [2.75, 3.05) is 18.0 Å². The second kappa shape index (κ2) is 5.11. The van der Waals surface area contributed by atoms with Crippen LogP contribution in [-0.2, 0) is 0 Å². The van der Waals surface area contributed by atoms with Crippen LogP contribution in [0.2, 0.25) is 0 Å². The quantitative estimate of drug-likeness (QED) is 0.775. The summed E-state index contributed by atoms with van der Waals surface area (Å²) in [7, 11) is 0. The van der Waals surface area contributed by atoms with Crippen LogP contribution in [0, 0.1) is 20.8 Å². The van der Waals surface area contributed by atoms with Crippen LogP contribution in [0.25, 0.3) is 16.7 Å². The van der Waals surface area contributed by atoms with Crippen molar-refractivity contribution < 1.29 is 8.78 Å². The average molecular weight is 345 g/mol. The number of alkyl halides is 2. The van der Waals surface area contributed by atoms with Crippen LogP contribution >= 0.6 is 0 Å². The van der Waals surface area contributed by atoms with E-state index in [0.717, 1.165) is 22.4 Å². The standard InChI is InChI=1S/C17H17F2N5O/c1-9-4-10(2)13(11(3)5-9)24-6-12-14(22-24)20-16(21-15(12)25)23-7-17(18,19)8-23/h4-6H,7-8H2,1-3H3,(H,20,21,22,25). The van der Waals surface area contributed by atoms with E-state index in [1.165, 1.54) is 4.90 Å². The summed E-state index contributed by atoms with van der Waals surface area (Å²) < 4.78 is 27.7. The molecule has 8 heteroatoms. The molecule has 0 unspecified atom stereocenters. The smallest absolute Gasteiger partial charge is 0.282 e. The predicted octanol–water partition coefficient (Wildman–Crippen LogP) is 2.49. The zero-order valence-electron chi connectivity index (χ0n) is 14.1. The Morgan fingerprint density at radius 3 is 2.40 bits per heavy atom. The van der Waals surface area contributed by atoms with Gasteiger partial charge in [-0.1, -0.05) is 17.7 Å². The highest BCUT2D eigenvalue weighted by atomic mass is 19.3. The van der Waals surface area contributed by atoms with Gasteiger partial charge >= 0.3 is 0 Å². The van der Waals surface area contributed by atoms with Crippen LogP contribution in [0.15, 0.2) is 23.1 Å². The highest BCUT2D eigenvalue weighted by Gasteiger charge is 2.45. The largest absolute Gasteiger partial charge is 0.330 e. The minimum absolute atomic E-state index is 0.131. The van der Waals surface area contributed by atoms with E-state index in [1.807, 2.05) is 32.9 Å². The Bertz CT molecular complexity index is 1020. The molecule has 0 spiro atoms. The molecule has 130 valence electrons. The molecule has 2 aromatic heterocycles. The van der Waals surface area contributed by atoms with Crippen molar-refractivity contribution in [1.82, 2.24) is 19.7 Å². The highest BCUT2D eigenvalue weighted by Crippen LogP contribution is 2.29. The minimum Gasteiger partial charge on any atom is -0.330 e. The lowest BCUT2D eigenvalue weighted by Crippen LogP contribution is -2.57. The minimum atomic E-state index is -2.73. The monoisotopic (exact) mass is 345 g/mol. The van der Waals surface area contributed by atoms with E-state index in [0.29, 0.717) is 5.39 Å². The number of H-pyrrole nitrogens is 1. The number of halogens is 2. The molecule has 1 aliphatic rings. The van der Waals surface area contributed by atoms with Gasteiger partial charge in [-0.2, -0.15) is 4.98 Å². The molecule has 1 aromatic carbocycles. The second-order valence-corrected chi connectivity index (χ2v) is 6.66. The van der Waals surface area contributed by atoms with Crippen molar-refractivity contribution in [1.29, 1.82) is 0 Å². The normalized spacial score (nSPS) is 16.3. The molecular weight excluding hydrogens is 328 g/mol. The summed E-state index contributed by atoms with van der Waals surface area (Å²) in [6.07, 6.45) is 1.63. The summed E-state index contributed by atoms with van der Waals surface area (Å²) in [5.74, 6) is -2.60. The first-order chi connectivity index (χ1) is 11.7. The van der Waals surface area contributed by atoms with Crippen molar-refractivity contribution in [2.45, 2.75) is 26.7 Å². The lowest BCUT2D eigenvalue weighted by Gasteiger charge is -2.38. The molecule has 3 heterocycles. The lowest BCUT2D eigenvalue weighted by molar-refractivity contribution is -0.0271. The fourth-order valence-electron chi connectivity index (χ4n) is 3.36. The zero-order valence-corrected chi connectivity index (χ0v) is 14.1. The van der Waals surface area contributed by atoms with E-state index in [4.69, 9.17) is 0 Å². The lowest BCUT2D eigenvalue weighted by atomic mass is 10.1. The van der Waals surface area contributed by atoms with Crippen molar-refractivity contribution in [3.05, 3.63) is 45.4 Å². The van der Waals surface area contributed by atoms with Crippen LogP contribution in [0.3, 0.4) is 0 Å². The molecule has 0 saturated carbocycles. The van der Waals surface area contributed by atoms with Gasteiger partial charge in [0.25, 0.3) is 11.5 Å². The SMILES string of the molecule is Cc1cc(C)c(-n2cc3c(=O)[nH]c(N4CC(F)(F)C4)nc3n2)c(C)c1. The van der Waals surface area contributed by atoms with Gasteiger partial charge in [-0.05, 0) is 31.9 Å². The third kappa shape index (κ3) is 2.57. The van der Waals surface area contributed by atoms with Gasteiger partial charge in [0.15, 0.2) is 5.65 Å². The summed E-state index contributed by atoms with van der Waals surface area (Å²) in [5, 5.41) is 4.73. The summed E-state index contributed by atoms with van der Waals surface area (Å²) >= 11 is 0. The van der Waals surface area contributed by atoms with Gasteiger partial charge in [-0.3, -0.25) is 9.78 Å². The fraction of sp³-hybridized carbons (Fsp3) is 0.353. The number of anilines is 1. The maximum Gasteiger partial charge on any atom is 0.282 e. The molecule has 3 aromatic rings. The van der Waals surface area contributed by atoms with Crippen molar-refractivity contribution >= 4 is 17.0 Å². The van der Waals surface area contributed by atoms with E-state index in [-0.39, 0.29) is 17.2 Å². The number of aromatic amines is 1. The summed E-state index contributed by atoms with van der Waals surface area (Å²) in [4.78, 5) is 20.5. The van der Waals surface area contributed by atoms with E-state index in [9.17, 15) is 13.6 Å². The number of nitrogens with one attached hydrogen (secondary N) is 1. The molecule has 1 fully saturated rings. The van der Waals surface area contributed by atoms with Crippen LogP contribution in [0.1, 0.15) is 16.7 Å². The Labute approximate surface area is 142 Å². The van der Waals surface area contributed by atoms with Crippen LogP contribution in [0.4, 0.5) is 14.7 Å². The van der Waals surface area contributed by atoms with Gasteiger partial charge in [-0.15, -0.1) is 5.10 Å². The molecule has 1 N–H and O–H groups in total. The number of aryl methyl sites for hydroxylation is 3. The van der Waals surface area contributed by atoms with Gasteiger partial charge < -0.3 is 4.90 Å². The van der Waals surface area contributed by atoms with E-state index >= 15 is 0 Å². The number of fused-ring (bicyclic) bond motifs is 1. The van der Waals surface area contributed by atoms with Gasteiger partial charge in [0.05, 0.1) is 18.8 Å². The Morgan fingerprint density at radius 2 is 1.80 bits per heavy atom. The van der Waals surface area contributed by atoms with E-state index < -0.39 is 19.0 Å². The number of hydrogen-bond acceptors (Lipinski definition) is 4. The Kier molecular flexibility index (Phi) is 3.22. The first kappa shape index (κ1) is 15.7. The molecule has 1 saturated heterocycles. The molecule has 0 radical (unpaired) electrons. The first-order valence-corrected chi connectivity index (χ1v) is 7.94. The number of benzene rings is 1. The number of hydrogen-bond donors (Lipinski definition) is 1. The molecule has 6 nitrogen and oxygen atoms in total. The molecule has 0 aliphatic carbocycles. The maximum absolute atomic E-state index is 13.1. The fourth-order valence-corrected chi connectivity index (χ4v) is 3.36. The first-order valence-electron chi connectivity index (χ1n) is 7.94. The molecule has 4 rings (SSSR count).